The third-order valence-corrected chi connectivity index (χ3v) is 7.20. The molecule has 0 unspecified atom stereocenters. The van der Waals surface area contributed by atoms with Crippen molar-refractivity contribution in [2.75, 3.05) is 5.75 Å². The number of rotatable bonds is 10. The molecule has 1 aliphatic rings. The molecular weight excluding hydrogens is 350 g/mol. The predicted molar refractivity (Wildman–Crippen MR) is 105 cm³/mol. The van der Waals surface area contributed by atoms with E-state index < -0.39 is 9.67 Å². The summed E-state index contributed by atoms with van der Waals surface area (Å²) in [4.78, 5) is 35.5. The molecule has 0 spiro atoms. The molecule has 26 heavy (non-hydrogen) atoms. The zero-order chi connectivity index (χ0) is 19.3. The third kappa shape index (κ3) is 4.00. The predicted octanol–water partition coefficient (Wildman–Crippen LogP) is 4.93. The van der Waals surface area contributed by atoms with Crippen molar-refractivity contribution in [3.05, 3.63) is 39.9 Å². The molecule has 1 aliphatic carbocycles. The monoisotopic (exact) mass is 377 g/mol. The van der Waals surface area contributed by atoms with Gasteiger partial charge in [-0.3, -0.25) is 19.7 Å². The first-order chi connectivity index (χ1) is 12.3. The highest BCUT2D eigenvalue weighted by molar-refractivity contribution is 8.01. The van der Waals surface area contributed by atoms with Crippen LogP contribution >= 0.6 is 11.8 Å². The minimum atomic E-state index is -0.784. The molecule has 0 amide bonds. The summed E-state index contributed by atoms with van der Waals surface area (Å²) >= 11 is 1.58. The molecule has 0 bridgehead atoms. The van der Waals surface area contributed by atoms with Crippen molar-refractivity contribution in [1.29, 1.82) is 0 Å². The van der Waals surface area contributed by atoms with Gasteiger partial charge in [-0.1, -0.05) is 38.3 Å². The first-order valence-electron chi connectivity index (χ1n) is 9.24. The first kappa shape index (κ1) is 20.6. The van der Waals surface area contributed by atoms with Crippen LogP contribution in [-0.4, -0.2) is 27.0 Å². The van der Waals surface area contributed by atoms with E-state index >= 15 is 0 Å². The van der Waals surface area contributed by atoms with E-state index in [-0.39, 0.29) is 29.1 Å². The van der Waals surface area contributed by atoms with Gasteiger partial charge in [0.05, 0.1) is 9.67 Å². The van der Waals surface area contributed by atoms with Crippen LogP contribution in [0.15, 0.2) is 24.3 Å². The minimum Gasteiger partial charge on any atom is -0.300 e. The number of benzene rings is 1. The maximum atomic E-state index is 12.7. The largest absolute Gasteiger partial charge is 0.300 e. The number of nitrogens with zero attached hydrogens (tertiary/aromatic N) is 1. The Morgan fingerprint density at radius 1 is 1.27 bits per heavy atom. The van der Waals surface area contributed by atoms with Crippen molar-refractivity contribution in [2.45, 2.75) is 63.5 Å². The molecular formula is C20H27NO4S. The number of non-ortho nitro benzene ring substituents is 1. The van der Waals surface area contributed by atoms with Gasteiger partial charge in [0.1, 0.15) is 11.6 Å². The third-order valence-electron chi connectivity index (χ3n) is 5.37. The molecule has 1 aromatic rings. The van der Waals surface area contributed by atoms with Crippen molar-refractivity contribution in [1.82, 2.24) is 0 Å². The summed E-state index contributed by atoms with van der Waals surface area (Å²) in [5.74, 6) is 0.406. The Balaban J connectivity index is 2.29. The van der Waals surface area contributed by atoms with Crippen molar-refractivity contribution >= 4 is 29.0 Å². The number of thioether (sulfide) groups is 1. The lowest BCUT2D eigenvalue weighted by Gasteiger charge is -2.53. The number of hydrogen-bond donors (Lipinski definition) is 0. The molecule has 2 rings (SSSR count). The summed E-state index contributed by atoms with van der Waals surface area (Å²) < 4.78 is -0.784. The highest BCUT2D eigenvalue weighted by Gasteiger charge is 2.60. The average Bonchev–Trinajstić information content (AvgIpc) is 2.56. The van der Waals surface area contributed by atoms with Crippen LogP contribution in [0.25, 0.3) is 0 Å². The molecule has 5 nitrogen and oxygen atoms in total. The second kappa shape index (κ2) is 8.80. The maximum Gasteiger partial charge on any atom is 0.269 e. The molecule has 0 saturated heterocycles. The van der Waals surface area contributed by atoms with E-state index in [4.69, 9.17) is 0 Å². The molecule has 1 saturated carbocycles. The molecule has 0 aromatic heterocycles. The topological polar surface area (TPSA) is 77.3 Å². The summed E-state index contributed by atoms with van der Waals surface area (Å²) in [5.41, 5.74) is 0.812. The number of ketones is 2. The van der Waals surface area contributed by atoms with Gasteiger partial charge in [-0.05, 0) is 38.0 Å². The number of Topliss-reactive ketones (excluding diaryl/α,β-unsaturated/α-hetero) is 2. The zero-order valence-electron chi connectivity index (χ0n) is 15.7. The second-order valence-corrected chi connectivity index (χ2v) is 8.43. The Morgan fingerprint density at radius 2 is 2.00 bits per heavy atom. The molecule has 6 heteroatoms. The Labute approximate surface area is 159 Å². The summed E-state index contributed by atoms with van der Waals surface area (Å²) in [6, 6.07) is 6.50. The summed E-state index contributed by atoms with van der Waals surface area (Å²) in [5, 5.41) is 11.1. The zero-order valence-corrected chi connectivity index (χ0v) is 16.5. The van der Waals surface area contributed by atoms with Crippen molar-refractivity contribution in [3.63, 3.8) is 0 Å². The van der Waals surface area contributed by atoms with E-state index in [9.17, 15) is 19.7 Å². The normalized spacial score (nSPS) is 24.7. The molecule has 0 radical (unpaired) electrons. The second-order valence-electron chi connectivity index (χ2n) is 7.06. The number of nitro groups is 1. The molecule has 0 N–H and O–H groups in total. The van der Waals surface area contributed by atoms with Crippen LogP contribution in [0.4, 0.5) is 5.69 Å². The van der Waals surface area contributed by atoms with Crippen LogP contribution in [0.3, 0.4) is 0 Å². The van der Waals surface area contributed by atoms with Crippen LogP contribution < -0.4 is 0 Å². The van der Waals surface area contributed by atoms with Gasteiger partial charge in [0, 0.05) is 24.0 Å². The Bertz CT molecular complexity index is 690. The van der Waals surface area contributed by atoms with Crippen LogP contribution in [0.1, 0.15) is 64.4 Å². The van der Waals surface area contributed by atoms with E-state index in [0.29, 0.717) is 6.42 Å². The van der Waals surface area contributed by atoms with Crippen LogP contribution in [-0.2, 0) is 9.59 Å². The van der Waals surface area contributed by atoms with E-state index in [1.165, 1.54) is 6.07 Å². The smallest absolute Gasteiger partial charge is 0.269 e. The highest BCUT2D eigenvalue weighted by atomic mass is 32.2. The minimum absolute atomic E-state index is 0.000877. The summed E-state index contributed by atoms with van der Waals surface area (Å²) in [7, 11) is 0. The first-order valence-corrected chi connectivity index (χ1v) is 10.2. The summed E-state index contributed by atoms with van der Waals surface area (Å²) in [6.07, 6.45) is 5.02. The van der Waals surface area contributed by atoms with Gasteiger partial charge in [0.2, 0.25) is 0 Å². The van der Waals surface area contributed by atoms with E-state index in [2.05, 4.69) is 6.92 Å². The van der Waals surface area contributed by atoms with E-state index in [1.807, 2.05) is 6.07 Å². The Kier molecular flexibility index (Phi) is 6.98. The van der Waals surface area contributed by atoms with Crippen molar-refractivity contribution < 1.29 is 14.5 Å². The standard InChI is InChI=1S/C20H27NO4S/c1-4-5-6-7-11-26-20(15(3)23)18(14(2)22)13-19(20)16-9-8-10-17(12-16)21(24)25/h8-10,12,18-19H,4-7,11,13H2,1-3H3/t18-,19+,20-/m1/s1. The van der Waals surface area contributed by atoms with Crippen molar-refractivity contribution in [3.8, 4) is 0 Å². The van der Waals surface area contributed by atoms with E-state index in [1.54, 1.807) is 37.7 Å². The van der Waals surface area contributed by atoms with Gasteiger partial charge < -0.3 is 0 Å². The van der Waals surface area contributed by atoms with Crippen LogP contribution in [0, 0.1) is 16.0 Å². The molecule has 0 aliphatic heterocycles. The van der Waals surface area contributed by atoms with Gasteiger partial charge >= 0.3 is 0 Å². The number of nitro benzene ring substituents is 1. The fourth-order valence-electron chi connectivity index (χ4n) is 3.94. The van der Waals surface area contributed by atoms with Gasteiger partial charge in [-0.2, -0.15) is 0 Å². The Morgan fingerprint density at radius 3 is 2.58 bits per heavy atom. The van der Waals surface area contributed by atoms with Gasteiger partial charge in [-0.15, -0.1) is 11.8 Å². The quantitative estimate of drug-likeness (QED) is 0.328. The Hall–Kier alpha value is -1.69. The fraction of sp³-hybridized carbons (Fsp3) is 0.600. The molecule has 1 aromatic carbocycles. The van der Waals surface area contributed by atoms with Crippen molar-refractivity contribution in [2.24, 2.45) is 5.92 Å². The number of carbonyl (C=O) groups excluding carboxylic acids is 2. The van der Waals surface area contributed by atoms with Gasteiger partial charge in [-0.25, -0.2) is 0 Å². The maximum absolute atomic E-state index is 12.7. The lowest BCUT2D eigenvalue weighted by atomic mass is 9.58. The molecule has 1 fully saturated rings. The molecule has 142 valence electrons. The van der Waals surface area contributed by atoms with Crippen LogP contribution in [0.5, 0.6) is 0 Å². The van der Waals surface area contributed by atoms with Gasteiger partial charge in [0.15, 0.2) is 0 Å². The number of hydrogen-bond acceptors (Lipinski definition) is 5. The molecule has 0 heterocycles. The van der Waals surface area contributed by atoms with Gasteiger partial charge in [0.25, 0.3) is 5.69 Å². The molecule has 3 atom stereocenters. The fourth-order valence-corrected chi connectivity index (χ4v) is 5.72. The average molecular weight is 378 g/mol. The lowest BCUT2D eigenvalue weighted by Crippen LogP contribution is -2.59. The summed E-state index contributed by atoms with van der Waals surface area (Å²) in [6.45, 7) is 5.25. The number of unbranched alkanes of at least 4 members (excludes halogenated alkanes) is 3. The van der Waals surface area contributed by atoms with Crippen LogP contribution in [0.2, 0.25) is 0 Å². The SMILES string of the molecule is CCCCCCS[C@]1(C(C)=O)[C@@H](C(C)=O)C[C@H]1c1cccc([N+](=O)[O-])c1. The number of carbonyl (C=O) groups is 2. The van der Waals surface area contributed by atoms with E-state index in [0.717, 1.165) is 37.0 Å². The lowest BCUT2D eigenvalue weighted by molar-refractivity contribution is -0.384. The highest BCUT2D eigenvalue weighted by Crippen LogP contribution is 2.59.